The van der Waals surface area contributed by atoms with E-state index in [9.17, 15) is 4.79 Å². The Kier molecular flexibility index (Phi) is 6.28. The lowest BCUT2D eigenvalue weighted by molar-refractivity contribution is 0.0945. The molecule has 3 rings (SSSR count). The molecule has 0 aliphatic carbocycles. The molecule has 138 valence electrons. The van der Waals surface area contributed by atoms with Crippen LogP contribution in [0.3, 0.4) is 0 Å². The van der Waals surface area contributed by atoms with Gasteiger partial charge in [0, 0.05) is 23.7 Å². The standard InChI is InChI=1S/C21H20ClN3O2/c1-27-20-5-3-2-4-16(20)13-25-21(26)19-11-10-18(14-24-19)23-12-15-6-8-17(22)9-7-15/h2-11,14,23H,12-13H2,1H3,(H,25,26). The summed E-state index contributed by atoms with van der Waals surface area (Å²) < 4.78 is 5.29. The fourth-order valence-electron chi connectivity index (χ4n) is 2.55. The van der Waals surface area contributed by atoms with Crippen LogP contribution in [0.25, 0.3) is 0 Å². The highest BCUT2D eigenvalue weighted by atomic mass is 35.5. The maximum Gasteiger partial charge on any atom is 0.270 e. The Labute approximate surface area is 163 Å². The Hall–Kier alpha value is -3.05. The first-order valence-corrected chi connectivity index (χ1v) is 8.88. The highest BCUT2D eigenvalue weighted by Gasteiger charge is 2.09. The first-order chi connectivity index (χ1) is 13.2. The van der Waals surface area contributed by atoms with Crippen LogP contribution in [0.4, 0.5) is 5.69 Å². The van der Waals surface area contributed by atoms with E-state index in [1.807, 2.05) is 54.6 Å². The van der Waals surface area contributed by atoms with E-state index in [1.165, 1.54) is 0 Å². The smallest absolute Gasteiger partial charge is 0.270 e. The zero-order valence-electron chi connectivity index (χ0n) is 14.9. The van der Waals surface area contributed by atoms with Crippen molar-refractivity contribution in [2.24, 2.45) is 0 Å². The lowest BCUT2D eigenvalue weighted by Crippen LogP contribution is -2.24. The molecule has 0 atom stereocenters. The van der Waals surface area contributed by atoms with Gasteiger partial charge < -0.3 is 15.4 Å². The summed E-state index contributed by atoms with van der Waals surface area (Å²) in [5, 5.41) is 6.84. The quantitative estimate of drug-likeness (QED) is 0.641. The van der Waals surface area contributed by atoms with Crippen molar-refractivity contribution in [3.05, 3.63) is 88.7 Å². The van der Waals surface area contributed by atoms with Crippen LogP contribution < -0.4 is 15.4 Å². The Morgan fingerprint density at radius 1 is 1.04 bits per heavy atom. The van der Waals surface area contributed by atoms with Gasteiger partial charge in [0.05, 0.1) is 19.0 Å². The van der Waals surface area contributed by atoms with Gasteiger partial charge in [-0.05, 0) is 35.9 Å². The van der Waals surface area contributed by atoms with Crippen molar-refractivity contribution >= 4 is 23.2 Å². The Balaban J connectivity index is 1.54. The molecule has 0 aliphatic rings. The first-order valence-electron chi connectivity index (χ1n) is 8.50. The minimum absolute atomic E-state index is 0.231. The van der Waals surface area contributed by atoms with Gasteiger partial charge in [-0.25, -0.2) is 4.98 Å². The van der Waals surface area contributed by atoms with Crippen LogP contribution in [-0.2, 0) is 13.1 Å². The molecule has 3 aromatic rings. The predicted molar refractivity (Wildman–Crippen MR) is 107 cm³/mol. The zero-order valence-corrected chi connectivity index (χ0v) is 15.7. The number of aromatic nitrogens is 1. The molecule has 27 heavy (non-hydrogen) atoms. The molecule has 0 bridgehead atoms. The molecule has 6 heteroatoms. The molecule has 2 N–H and O–H groups in total. The average Bonchev–Trinajstić information content (AvgIpc) is 2.72. The number of hydrogen-bond acceptors (Lipinski definition) is 4. The van der Waals surface area contributed by atoms with Crippen LogP contribution >= 0.6 is 11.6 Å². The third kappa shape index (κ3) is 5.21. The Morgan fingerprint density at radius 2 is 1.81 bits per heavy atom. The molecule has 0 unspecified atom stereocenters. The molecule has 0 radical (unpaired) electrons. The molecule has 1 aromatic heterocycles. The summed E-state index contributed by atoms with van der Waals surface area (Å²) in [5.74, 6) is 0.512. The summed E-state index contributed by atoms with van der Waals surface area (Å²) in [7, 11) is 1.61. The van der Waals surface area contributed by atoms with E-state index in [1.54, 1.807) is 19.4 Å². The molecular weight excluding hydrogens is 362 g/mol. The Bertz CT molecular complexity index is 896. The predicted octanol–water partition coefficient (Wildman–Crippen LogP) is 4.29. The third-order valence-corrected chi connectivity index (χ3v) is 4.29. The van der Waals surface area contributed by atoms with Gasteiger partial charge >= 0.3 is 0 Å². The molecule has 0 spiro atoms. The topological polar surface area (TPSA) is 63.2 Å². The summed E-state index contributed by atoms with van der Waals surface area (Å²) in [6.07, 6.45) is 1.65. The van der Waals surface area contributed by atoms with E-state index >= 15 is 0 Å². The van der Waals surface area contributed by atoms with Gasteiger partial charge in [0.15, 0.2) is 0 Å². The van der Waals surface area contributed by atoms with E-state index in [4.69, 9.17) is 16.3 Å². The summed E-state index contributed by atoms with van der Waals surface area (Å²) >= 11 is 5.88. The van der Waals surface area contributed by atoms with E-state index < -0.39 is 0 Å². The number of nitrogens with one attached hydrogen (secondary N) is 2. The van der Waals surface area contributed by atoms with Crippen molar-refractivity contribution in [3.8, 4) is 5.75 Å². The van der Waals surface area contributed by atoms with Crippen LogP contribution in [0.1, 0.15) is 21.6 Å². The van der Waals surface area contributed by atoms with Crippen molar-refractivity contribution < 1.29 is 9.53 Å². The monoisotopic (exact) mass is 381 g/mol. The normalized spacial score (nSPS) is 10.3. The highest BCUT2D eigenvalue weighted by Crippen LogP contribution is 2.17. The fraction of sp³-hybridized carbons (Fsp3) is 0.143. The second kappa shape index (κ2) is 9.05. The maximum absolute atomic E-state index is 12.3. The number of anilines is 1. The molecule has 1 heterocycles. The molecule has 0 saturated carbocycles. The van der Waals surface area contributed by atoms with E-state index in [0.717, 1.165) is 22.6 Å². The van der Waals surface area contributed by atoms with Crippen molar-refractivity contribution in [1.29, 1.82) is 0 Å². The van der Waals surface area contributed by atoms with Gasteiger partial charge in [-0.2, -0.15) is 0 Å². The number of carbonyl (C=O) groups excluding carboxylic acids is 1. The number of ether oxygens (including phenoxy) is 1. The van der Waals surface area contributed by atoms with Gasteiger partial charge in [-0.3, -0.25) is 4.79 Å². The molecule has 5 nitrogen and oxygen atoms in total. The number of carbonyl (C=O) groups is 1. The summed E-state index contributed by atoms with van der Waals surface area (Å²) in [6.45, 7) is 1.03. The van der Waals surface area contributed by atoms with Gasteiger partial charge in [0.25, 0.3) is 5.91 Å². The third-order valence-electron chi connectivity index (χ3n) is 4.04. The minimum atomic E-state index is -0.231. The molecule has 0 aliphatic heterocycles. The maximum atomic E-state index is 12.3. The van der Waals surface area contributed by atoms with Gasteiger partial charge in [0.2, 0.25) is 0 Å². The van der Waals surface area contributed by atoms with Crippen molar-refractivity contribution in [3.63, 3.8) is 0 Å². The summed E-state index contributed by atoms with van der Waals surface area (Å²) in [4.78, 5) is 16.5. The van der Waals surface area contributed by atoms with Crippen LogP contribution in [0.2, 0.25) is 5.02 Å². The number of amides is 1. The zero-order chi connectivity index (χ0) is 19.1. The summed E-state index contributed by atoms with van der Waals surface area (Å²) in [5.41, 5.74) is 3.22. The molecular formula is C21H20ClN3O2. The van der Waals surface area contributed by atoms with Gasteiger partial charge in [-0.1, -0.05) is 41.9 Å². The average molecular weight is 382 g/mol. The van der Waals surface area contributed by atoms with Crippen molar-refractivity contribution in [1.82, 2.24) is 10.3 Å². The van der Waals surface area contributed by atoms with Gasteiger partial charge in [0.1, 0.15) is 11.4 Å². The SMILES string of the molecule is COc1ccccc1CNC(=O)c1ccc(NCc2ccc(Cl)cc2)cn1. The molecule has 1 amide bonds. The number of benzene rings is 2. The van der Waals surface area contributed by atoms with Crippen LogP contribution in [0, 0.1) is 0 Å². The van der Waals surface area contributed by atoms with E-state index in [0.29, 0.717) is 23.8 Å². The lowest BCUT2D eigenvalue weighted by Gasteiger charge is -2.10. The largest absolute Gasteiger partial charge is 0.496 e. The number of halogens is 1. The minimum Gasteiger partial charge on any atom is -0.496 e. The molecule has 0 fully saturated rings. The summed E-state index contributed by atoms with van der Waals surface area (Å²) in [6, 6.07) is 18.7. The second-order valence-corrected chi connectivity index (χ2v) is 6.34. The number of pyridine rings is 1. The van der Waals surface area contributed by atoms with Crippen molar-refractivity contribution in [2.75, 3.05) is 12.4 Å². The number of nitrogens with zero attached hydrogens (tertiary/aromatic N) is 1. The number of methoxy groups -OCH3 is 1. The van der Waals surface area contributed by atoms with Gasteiger partial charge in [-0.15, -0.1) is 0 Å². The van der Waals surface area contributed by atoms with E-state index in [-0.39, 0.29) is 5.91 Å². The number of hydrogen-bond donors (Lipinski definition) is 2. The molecule has 0 saturated heterocycles. The second-order valence-electron chi connectivity index (χ2n) is 5.91. The number of rotatable bonds is 7. The van der Waals surface area contributed by atoms with Crippen LogP contribution in [0.5, 0.6) is 5.75 Å². The van der Waals surface area contributed by atoms with Crippen molar-refractivity contribution in [2.45, 2.75) is 13.1 Å². The first kappa shape index (κ1) is 18.7. The van der Waals surface area contributed by atoms with Crippen LogP contribution in [0.15, 0.2) is 66.9 Å². The van der Waals surface area contributed by atoms with Crippen LogP contribution in [-0.4, -0.2) is 18.0 Å². The lowest BCUT2D eigenvalue weighted by atomic mass is 10.2. The van der Waals surface area contributed by atoms with E-state index in [2.05, 4.69) is 15.6 Å². The molecule has 2 aromatic carbocycles. The number of para-hydroxylation sites is 1. The Morgan fingerprint density at radius 3 is 2.52 bits per heavy atom. The fourth-order valence-corrected chi connectivity index (χ4v) is 2.68. The highest BCUT2D eigenvalue weighted by molar-refractivity contribution is 6.30.